The number of aliphatic carboxylic acids is 1. The fourth-order valence-electron chi connectivity index (χ4n) is 2.32. The molecule has 0 fully saturated rings. The van der Waals surface area contributed by atoms with Gasteiger partial charge in [0.25, 0.3) is 0 Å². The molecule has 0 bridgehead atoms. The molecule has 1 aromatic carbocycles. The van der Waals surface area contributed by atoms with E-state index in [1.807, 2.05) is 24.3 Å². The predicted molar refractivity (Wildman–Crippen MR) is 72.3 cm³/mol. The predicted octanol–water partition coefficient (Wildman–Crippen LogP) is 2.83. The lowest BCUT2D eigenvalue weighted by Crippen LogP contribution is -2.09. The Balaban J connectivity index is 2.12. The molecule has 0 aliphatic carbocycles. The number of benzene rings is 1. The molecule has 100 valence electrons. The van der Waals surface area contributed by atoms with E-state index in [4.69, 9.17) is 9.52 Å². The SMILES string of the molecule is O=C(O)CC(c1cccnn1)c1coc2ccccc12. The maximum atomic E-state index is 11.1. The molecule has 20 heavy (non-hydrogen) atoms. The molecule has 0 spiro atoms. The Hall–Kier alpha value is -2.69. The van der Waals surface area contributed by atoms with E-state index >= 15 is 0 Å². The lowest BCUT2D eigenvalue weighted by Gasteiger charge is -2.12. The van der Waals surface area contributed by atoms with Crippen molar-refractivity contribution in [3.8, 4) is 0 Å². The minimum absolute atomic E-state index is 0.0534. The minimum atomic E-state index is -0.883. The van der Waals surface area contributed by atoms with Crippen LogP contribution in [0.3, 0.4) is 0 Å². The van der Waals surface area contributed by atoms with Gasteiger partial charge in [-0.25, -0.2) is 0 Å². The van der Waals surface area contributed by atoms with Gasteiger partial charge in [-0.15, -0.1) is 0 Å². The smallest absolute Gasteiger partial charge is 0.304 e. The third-order valence-electron chi connectivity index (χ3n) is 3.22. The van der Waals surface area contributed by atoms with Crippen LogP contribution in [0.4, 0.5) is 0 Å². The molecule has 0 saturated heterocycles. The van der Waals surface area contributed by atoms with Crippen LogP contribution in [0.25, 0.3) is 11.0 Å². The van der Waals surface area contributed by atoms with Crippen LogP contribution in [0.2, 0.25) is 0 Å². The molecule has 5 heteroatoms. The summed E-state index contributed by atoms with van der Waals surface area (Å²) in [5.41, 5.74) is 2.19. The van der Waals surface area contributed by atoms with Gasteiger partial charge in [-0.3, -0.25) is 4.79 Å². The molecule has 1 unspecified atom stereocenters. The molecular formula is C15H12N2O3. The molecule has 3 aromatic rings. The lowest BCUT2D eigenvalue weighted by atomic mass is 9.92. The van der Waals surface area contributed by atoms with Crippen LogP contribution in [-0.2, 0) is 4.79 Å². The van der Waals surface area contributed by atoms with Gasteiger partial charge in [0.2, 0.25) is 0 Å². The molecule has 2 heterocycles. The molecule has 0 radical (unpaired) electrons. The topological polar surface area (TPSA) is 76.2 Å². The van der Waals surface area contributed by atoms with Crippen molar-refractivity contribution in [1.82, 2.24) is 10.2 Å². The first kappa shape index (κ1) is 12.3. The second kappa shape index (κ2) is 5.13. The number of carboxylic acid groups (broad SMARTS) is 1. The zero-order chi connectivity index (χ0) is 13.9. The number of carboxylic acids is 1. The van der Waals surface area contributed by atoms with E-state index in [9.17, 15) is 4.79 Å². The maximum absolute atomic E-state index is 11.1. The highest BCUT2D eigenvalue weighted by Crippen LogP contribution is 2.33. The summed E-state index contributed by atoms with van der Waals surface area (Å²) in [5, 5.41) is 17.9. The highest BCUT2D eigenvalue weighted by atomic mass is 16.4. The quantitative estimate of drug-likeness (QED) is 0.787. The first-order valence-electron chi connectivity index (χ1n) is 6.21. The average molecular weight is 268 g/mol. The van der Waals surface area contributed by atoms with Gasteiger partial charge >= 0.3 is 5.97 Å². The second-order valence-electron chi connectivity index (χ2n) is 4.49. The maximum Gasteiger partial charge on any atom is 0.304 e. The minimum Gasteiger partial charge on any atom is -0.481 e. The fourth-order valence-corrected chi connectivity index (χ4v) is 2.32. The summed E-state index contributed by atoms with van der Waals surface area (Å²) in [6, 6.07) is 11.1. The van der Waals surface area contributed by atoms with E-state index in [0.717, 1.165) is 16.5 Å². The van der Waals surface area contributed by atoms with Crippen molar-refractivity contribution in [3.05, 3.63) is 60.1 Å². The number of fused-ring (bicyclic) bond motifs is 1. The first-order chi connectivity index (χ1) is 9.75. The molecule has 3 rings (SSSR count). The summed E-state index contributed by atoms with van der Waals surface area (Å²) in [4.78, 5) is 11.1. The number of rotatable bonds is 4. The van der Waals surface area contributed by atoms with Crippen LogP contribution in [0.5, 0.6) is 0 Å². The van der Waals surface area contributed by atoms with E-state index in [1.54, 1.807) is 24.6 Å². The summed E-state index contributed by atoms with van der Waals surface area (Å²) in [6.45, 7) is 0. The molecule has 0 aliphatic rings. The fraction of sp³-hybridized carbons (Fsp3) is 0.133. The van der Waals surface area contributed by atoms with Crippen LogP contribution in [0.1, 0.15) is 23.6 Å². The average Bonchev–Trinajstić information content (AvgIpc) is 2.89. The summed E-state index contributed by atoms with van der Waals surface area (Å²) in [5.74, 6) is -1.25. The van der Waals surface area contributed by atoms with Gasteiger partial charge in [-0.05, 0) is 18.2 Å². The number of para-hydroxylation sites is 1. The number of furan rings is 1. The number of hydrogen-bond acceptors (Lipinski definition) is 4. The van der Waals surface area contributed by atoms with Crippen molar-refractivity contribution in [2.75, 3.05) is 0 Å². The van der Waals surface area contributed by atoms with Crippen molar-refractivity contribution in [2.24, 2.45) is 0 Å². The molecule has 1 atom stereocenters. The van der Waals surface area contributed by atoms with Crippen LogP contribution in [-0.4, -0.2) is 21.3 Å². The Morgan fingerprint density at radius 3 is 2.85 bits per heavy atom. The van der Waals surface area contributed by atoms with E-state index < -0.39 is 5.97 Å². The highest BCUT2D eigenvalue weighted by Gasteiger charge is 2.23. The normalized spacial score (nSPS) is 12.4. The summed E-state index contributed by atoms with van der Waals surface area (Å²) in [6.07, 6.45) is 3.12. The first-order valence-corrected chi connectivity index (χ1v) is 6.21. The molecular weight excluding hydrogens is 256 g/mol. The van der Waals surface area contributed by atoms with Crippen molar-refractivity contribution >= 4 is 16.9 Å². The number of aromatic nitrogens is 2. The van der Waals surface area contributed by atoms with Gasteiger partial charge in [0.15, 0.2) is 0 Å². The van der Waals surface area contributed by atoms with Crippen molar-refractivity contribution in [1.29, 1.82) is 0 Å². The van der Waals surface area contributed by atoms with E-state index in [2.05, 4.69) is 10.2 Å². The number of hydrogen-bond donors (Lipinski definition) is 1. The van der Waals surface area contributed by atoms with Gasteiger partial charge in [0, 0.05) is 23.1 Å². The molecule has 2 aromatic heterocycles. The monoisotopic (exact) mass is 268 g/mol. The van der Waals surface area contributed by atoms with Crippen LogP contribution in [0, 0.1) is 0 Å². The van der Waals surface area contributed by atoms with Gasteiger partial charge in [-0.2, -0.15) is 10.2 Å². The zero-order valence-electron chi connectivity index (χ0n) is 10.6. The van der Waals surface area contributed by atoms with Crippen LogP contribution in [0.15, 0.2) is 53.3 Å². The largest absolute Gasteiger partial charge is 0.481 e. The Kier molecular flexibility index (Phi) is 3.16. The molecule has 0 amide bonds. The Labute approximate surface area is 114 Å². The van der Waals surface area contributed by atoms with Crippen LogP contribution >= 0.6 is 0 Å². The standard InChI is InChI=1S/C15H12N2O3/c18-15(19)8-11(13-5-3-7-16-17-13)12-9-20-14-6-2-1-4-10(12)14/h1-7,9,11H,8H2,(H,18,19). The zero-order valence-corrected chi connectivity index (χ0v) is 10.6. The van der Waals surface area contributed by atoms with Crippen molar-refractivity contribution in [2.45, 2.75) is 12.3 Å². The molecule has 0 aliphatic heterocycles. The lowest BCUT2D eigenvalue weighted by molar-refractivity contribution is -0.137. The van der Waals surface area contributed by atoms with E-state index in [0.29, 0.717) is 5.69 Å². The number of carbonyl (C=O) groups is 1. The Bertz CT molecular complexity index is 737. The van der Waals surface area contributed by atoms with Gasteiger partial charge in [-0.1, -0.05) is 18.2 Å². The highest BCUT2D eigenvalue weighted by molar-refractivity contribution is 5.83. The van der Waals surface area contributed by atoms with Crippen molar-refractivity contribution < 1.29 is 14.3 Å². The molecule has 0 saturated carbocycles. The van der Waals surface area contributed by atoms with Gasteiger partial charge in [0.1, 0.15) is 5.58 Å². The van der Waals surface area contributed by atoms with E-state index in [1.165, 1.54) is 0 Å². The Morgan fingerprint density at radius 1 is 1.25 bits per heavy atom. The Morgan fingerprint density at radius 2 is 2.10 bits per heavy atom. The number of nitrogens with zero attached hydrogens (tertiary/aromatic N) is 2. The van der Waals surface area contributed by atoms with Gasteiger partial charge < -0.3 is 9.52 Å². The third-order valence-corrected chi connectivity index (χ3v) is 3.22. The molecule has 5 nitrogen and oxygen atoms in total. The van der Waals surface area contributed by atoms with Crippen molar-refractivity contribution in [3.63, 3.8) is 0 Å². The third kappa shape index (κ3) is 2.25. The summed E-state index contributed by atoms with van der Waals surface area (Å²) >= 11 is 0. The second-order valence-corrected chi connectivity index (χ2v) is 4.49. The van der Waals surface area contributed by atoms with Crippen LogP contribution < -0.4 is 0 Å². The summed E-state index contributed by atoms with van der Waals surface area (Å²) in [7, 11) is 0. The summed E-state index contributed by atoms with van der Waals surface area (Å²) < 4.78 is 5.49. The van der Waals surface area contributed by atoms with E-state index in [-0.39, 0.29) is 12.3 Å². The van der Waals surface area contributed by atoms with Gasteiger partial charge in [0.05, 0.1) is 18.4 Å². The molecule has 1 N–H and O–H groups in total.